The monoisotopic (exact) mass is 248 g/mol. The van der Waals surface area contributed by atoms with E-state index in [1.54, 1.807) is 0 Å². The zero-order valence-corrected chi connectivity index (χ0v) is 10.6. The molecule has 3 heteroatoms. The summed E-state index contributed by atoms with van der Waals surface area (Å²) in [7, 11) is 0. The molecule has 2 unspecified atom stereocenters. The van der Waals surface area contributed by atoms with E-state index in [9.17, 15) is 5.26 Å². The molecule has 0 spiro atoms. The fraction of sp³-hybridized carbons (Fsp3) is 0.500. The van der Waals surface area contributed by atoms with Crippen molar-refractivity contribution in [1.29, 1.82) is 5.26 Å². The maximum Gasteiger partial charge on any atom is 0.0677 e. The van der Waals surface area contributed by atoms with E-state index < -0.39 is 0 Å². The Labute approximate surface area is 108 Å². The molecule has 1 aromatic rings. The van der Waals surface area contributed by atoms with Gasteiger partial charge in [0.2, 0.25) is 0 Å². The van der Waals surface area contributed by atoms with Crippen molar-refractivity contribution in [2.75, 3.05) is 5.32 Å². The third-order valence-electron chi connectivity index (χ3n) is 3.38. The second kappa shape index (κ2) is 5.93. The molecule has 1 fully saturated rings. The molecule has 1 saturated carbocycles. The van der Waals surface area contributed by atoms with Crippen molar-refractivity contribution in [3.63, 3.8) is 0 Å². The lowest BCUT2D eigenvalue weighted by atomic mass is 9.96. The quantitative estimate of drug-likeness (QED) is 0.796. The van der Waals surface area contributed by atoms with Crippen LogP contribution in [-0.4, -0.2) is 6.04 Å². The van der Waals surface area contributed by atoms with Gasteiger partial charge in [-0.15, -0.1) is 0 Å². The largest absolute Gasteiger partial charge is 0.381 e. The van der Waals surface area contributed by atoms with E-state index in [4.69, 9.17) is 11.6 Å². The van der Waals surface area contributed by atoms with Crippen LogP contribution < -0.4 is 5.32 Å². The highest BCUT2D eigenvalue weighted by atomic mass is 35.5. The summed E-state index contributed by atoms with van der Waals surface area (Å²) in [5.41, 5.74) is 1.06. The normalized spacial score (nSPS) is 24.7. The molecule has 0 heterocycles. The molecule has 90 valence electrons. The number of hydrogen-bond acceptors (Lipinski definition) is 2. The number of benzene rings is 1. The van der Waals surface area contributed by atoms with Gasteiger partial charge in [0.05, 0.1) is 12.0 Å². The van der Waals surface area contributed by atoms with E-state index in [0.717, 1.165) is 23.6 Å². The zero-order valence-electron chi connectivity index (χ0n) is 9.82. The topological polar surface area (TPSA) is 35.8 Å². The van der Waals surface area contributed by atoms with Crippen molar-refractivity contribution in [3.05, 3.63) is 29.3 Å². The summed E-state index contributed by atoms with van der Waals surface area (Å²) in [5.74, 6) is 0.133. The molecule has 2 atom stereocenters. The first-order valence-electron chi connectivity index (χ1n) is 6.21. The van der Waals surface area contributed by atoms with Gasteiger partial charge in [0.1, 0.15) is 0 Å². The summed E-state index contributed by atoms with van der Waals surface area (Å²) in [6.07, 6.45) is 5.74. The van der Waals surface area contributed by atoms with Gasteiger partial charge in [-0.25, -0.2) is 0 Å². The molecule has 0 aliphatic heterocycles. The molecule has 17 heavy (non-hydrogen) atoms. The number of nitrogens with one attached hydrogen (secondary N) is 1. The number of halogens is 1. The van der Waals surface area contributed by atoms with E-state index in [0.29, 0.717) is 0 Å². The number of hydrogen-bond donors (Lipinski definition) is 1. The fourth-order valence-corrected chi connectivity index (χ4v) is 2.52. The summed E-state index contributed by atoms with van der Waals surface area (Å²) >= 11 is 5.86. The average molecular weight is 249 g/mol. The van der Waals surface area contributed by atoms with Gasteiger partial charge in [0.25, 0.3) is 0 Å². The minimum atomic E-state index is 0.133. The third kappa shape index (κ3) is 3.38. The van der Waals surface area contributed by atoms with Gasteiger partial charge in [-0.3, -0.25) is 0 Å². The molecule has 1 aliphatic rings. The van der Waals surface area contributed by atoms with Crippen LogP contribution in [0.4, 0.5) is 5.69 Å². The van der Waals surface area contributed by atoms with Gasteiger partial charge >= 0.3 is 0 Å². The Kier molecular flexibility index (Phi) is 4.28. The predicted octanol–water partition coefficient (Wildman–Crippen LogP) is 4.22. The average Bonchev–Trinajstić information content (AvgIpc) is 2.57. The highest BCUT2D eigenvalue weighted by molar-refractivity contribution is 6.30. The first kappa shape index (κ1) is 12.3. The minimum absolute atomic E-state index is 0.133. The predicted molar refractivity (Wildman–Crippen MR) is 71.1 cm³/mol. The smallest absolute Gasteiger partial charge is 0.0677 e. The van der Waals surface area contributed by atoms with Crippen LogP contribution >= 0.6 is 11.6 Å². The van der Waals surface area contributed by atoms with Crippen LogP contribution in [0, 0.1) is 17.2 Å². The molecule has 0 amide bonds. The Hall–Kier alpha value is -1.20. The van der Waals surface area contributed by atoms with Gasteiger partial charge in [-0.05, 0) is 37.1 Å². The Morgan fingerprint density at radius 1 is 1.12 bits per heavy atom. The SMILES string of the molecule is N#CC1CCCCCC1Nc1ccc(Cl)cc1. The highest BCUT2D eigenvalue weighted by Gasteiger charge is 2.23. The molecule has 2 nitrogen and oxygen atoms in total. The molecule has 0 bridgehead atoms. The summed E-state index contributed by atoms with van der Waals surface area (Å²) in [6.45, 7) is 0. The summed E-state index contributed by atoms with van der Waals surface area (Å²) in [4.78, 5) is 0. The van der Waals surface area contributed by atoms with Gasteiger partial charge in [0.15, 0.2) is 0 Å². The lowest BCUT2D eigenvalue weighted by Crippen LogP contribution is -2.27. The molecule has 0 radical (unpaired) electrons. The molecule has 0 aromatic heterocycles. The fourth-order valence-electron chi connectivity index (χ4n) is 2.40. The van der Waals surface area contributed by atoms with Crippen LogP contribution in [0.1, 0.15) is 32.1 Å². The molecule has 1 aliphatic carbocycles. The van der Waals surface area contributed by atoms with Crippen molar-refractivity contribution in [2.24, 2.45) is 5.92 Å². The Morgan fingerprint density at radius 2 is 1.82 bits per heavy atom. The van der Waals surface area contributed by atoms with Crippen molar-refractivity contribution in [1.82, 2.24) is 0 Å². The lowest BCUT2D eigenvalue weighted by molar-refractivity contribution is 0.514. The molecule has 2 rings (SSSR count). The second-order valence-electron chi connectivity index (χ2n) is 4.63. The van der Waals surface area contributed by atoms with Crippen molar-refractivity contribution in [3.8, 4) is 6.07 Å². The van der Waals surface area contributed by atoms with E-state index in [1.165, 1.54) is 19.3 Å². The van der Waals surface area contributed by atoms with Crippen molar-refractivity contribution >= 4 is 17.3 Å². The van der Waals surface area contributed by atoms with Crippen LogP contribution in [0.3, 0.4) is 0 Å². The number of anilines is 1. The number of nitrogens with zero attached hydrogens (tertiary/aromatic N) is 1. The van der Waals surface area contributed by atoms with Crippen molar-refractivity contribution < 1.29 is 0 Å². The van der Waals surface area contributed by atoms with E-state index in [-0.39, 0.29) is 12.0 Å². The van der Waals surface area contributed by atoms with Crippen LogP contribution in [0.15, 0.2) is 24.3 Å². The van der Waals surface area contributed by atoms with Crippen LogP contribution in [0.2, 0.25) is 5.02 Å². The van der Waals surface area contributed by atoms with Gasteiger partial charge < -0.3 is 5.32 Å². The first-order chi connectivity index (χ1) is 8.29. The van der Waals surface area contributed by atoms with Gasteiger partial charge in [-0.2, -0.15) is 5.26 Å². The lowest BCUT2D eigenvalue weighted by Gasteiger charge is -2.22. The highest BCUT2D eigenvalue weighted by Crippen LogP contribution is 2.26. The molecular weight excluding hydrogens is 232 g/mol. The van der Waals surface area contributed by atoms with Gasteiger partial charge in [0, 0.05) is 16.8 Å². The zero-order chi connectivity index (χ0) is 12.1. The van der Waals surface area contributed by atoms with Crippen LogP contribution in [0.25, 0.3) is 0 Å². The number of rotatable bonds is 2. The molecule has 0 saturated heterocycles. The molecule has 1 N–H and O–H groups in total. The molecule has 1 aromatic carbocycles. The Bertz CT molecular complexity index is 394. The third-order valence-corrected chi connectivity index (χ3v) is 3.63. The van der Waals surface area contributed by atoms with Crippen LogP contribution in [-0.2, 0) is 0 Å². The van der Waals surface area contributed by atoms with Gasteiger partial charge in [-0.1, -0.05) is 30.9 Å². The van der Waals surface area contributed by atoms with E-state index in [2.05, 4.69) is 11.4 Å². The van der Waals surface area contributed by atoms with Crippen molar-refractivity contribution in [2.45, 2.75) is 38.1 Å². The minimum Gasteiger partial charge on any atom is -0.381 e. The summed E-state index contributed by atoms with van der Waals surface area (Å²) in [6, 6.07) is 10.4. The first-order valence-corrected chi connectivity index (χ1v) is 6.59. The maximum absolute atomic E-state index is 9.20. The number of nitriles is 1. The second-order valence-corrected chi connectivity index (χ2v) is 5.07. The Balaban J connectivity index is 2.05. The summed E-state index contributed by atoms with van der Waals surface area (Å²) in [5, 5.41) is 13.4. The van der Waals surface area contributed by atoms with E-state index in [1.807, 2.05) is 24.3 Å². The maximum atomic E-state index is 9.20. The van der Waals surface area contributed by atoms with Crippen LogP contribution in [0.5, 0.6) is 0 Å². The van der Waals surface area contributed by atoms with E-state index >= 15 is 0 Å². The molecular formula is C14H17ClN2. The summed E-state index contributed by atoms with van der Waals surface area (Å²) < 4.78 is 0. The standard InChI is InChI=1S/C14H17ClN2/c15-12-6-8-13(9-7-12)17-14-5-3-1-2-4-11(14)10-16/h6-9,11,14,17H,1-5H2. The Morgan fingerprint density at radius 3 is 2.53 bits per heavy atom.